The minimum atomic E-state index is -0.318. The Morgan fingerprint density at radius 1 is 1.11 bits per heavy atom. The Hall–Kier alpha value is -3.48. The first kappa shape index (κ1) is 17.9. The van der Waals surface area contributed by atoms with E-state index in [1.807, 2.05) is 42.7 Å². The van der Waals surface area contributed by atoms with Crippen molar-refractivity contribution in [2.75, 3.05) is 5.32 Å². The summed E-state index contributed by atoms with van der Waals surface area (Å²) in [5.41, 5.74) is 4.26. The molecule has 142 valence electrons. The molecule has 4 rings (SSSR count). The first-order chi connectivity index (χ1) is 13.5. The number of imidazole rings is 1. The van der Waals surface area contributed by atoms with Crippen molar-refractivity contribution >= 4 is 22.9 Å². The zero-order valence-electron chi connectivity index (χ0n) is 15.9. The maximum atomic E-state index is 13.2. The van der Waals surface area contributed by atoms with Crippen LogP contribution in [0.2, 0.25) is 0 Å². The Balaban J connectivity index is 1.70. The molecule has 0 fully saturated rings. The number of benzene rings is 2. The fourth-order valence-corrected chi connectivity index (χ4v) is 3.46. The molecule has 2 aromatic carbocycles. The molecule has 1 amide bonds. The van der Waals surface area contributed by atoms with Crippen LogP contribution in [0.15, 0.2) is 48.5 Å². The summed E-state index contributed by atoms with van der Waals surface area (Å²) in [7, 11) is 0. The number of para-hydroxylation sites is 2. The van der Waals surface area contributed by atoms with Crippen molar-refractivity contribution in [3.63, 3.8) is 0 Å². The van der Waals surface area contributed by atoms with Crippen LogP contribution >= 0.6 is 0 Å². The minimum Gasteiger partial charge on any atom is -0.310 e. The SMILES string of the molecule is CCn1c(NC(=O)c2c(C)nn(-c3ccc(F)cc3)c2C)nc2ccccc21. The van der Waals surface area contributed by atoms with E-state index >= 15 is 0 Å². The van der Waals surface area contributed by atoms with Crippen LogP contribution < -0.4 is 5.32 Å². The van der Waals surface area contributed by atoms with Crippen molar-refractivity contribution in [3.05, 3.63) is 71.3 Å². The van der Waals surface area contributed by atoms with Crippen LogP contribution in [0.25, 0.3) is 16.7 Å². The van der Waals surface area contributed by atoms with E-state index in [-0.39, 0.29) is 11.7 Å². The Morgan fingerprint density at radius 2 is 1.82 bits per heavy atom. The van der Waals surface area contributed by atoms with Crippen molar-refractivity contribution in [2.24, 2.45) is 0 Å². The van der Waals surface area contributed by atoms with Crippen molar-refractivity contribution in [2.45, 2.75) is 27.3 Å². The van der Waals surface area contributed by atoms with Crippen molar-refractivity contribution in [1.82, 2.24) is 19.3 Å². The number of nitrogens with zero attached hydrogens (tertiary/aromatic N) is 4. The summed E-state index contributed by atoms with van der Waals surface area (Å²) in [4.78, 5) is 17.6. The number of amides is 1. The van der Waals surface area contributed by atoms with Gasteiger partial charge in [0.1, 0.15) is 5.82 Å². The third kappa shape index (κ3) is 2.94. The van der Waals surface area contributed by atoms with Gasteiger partial charge in [-0.2, -0.15) is 5.10 Å². The predicted molar refractivity (Wildman–Crippen MR) is 106 cm³/mol. The van der Waals surface area contributed by atoms with Gasteiger partial charge in [0.15, 0.2) is 0 Å². The Labute approximate surface area is 161 Å². The number of aryl methyl sites for hydroxylation is 2. The van der Waals surface area contributed by atoms with Crippen molar-refractivity contribution < 1.29 is 9.18 Å². The second-order valence-corrected chi connectivity index (χ2v) is 6.56. The van der Waals surface area contributed by atoms with Crippen LogP contribution in [-0.4, -0.2) is 25.2 Å². The number of carbonyl (C=O) groups excluding carboxylic acids is 1. The van der Waals surface area contributed by atoms with Crippen LogP contribution in [0.3, 0.4) is 0 Å². The maximum absolute atomic E-state index is 13.2. The summed E-state index contributed by atoms with van der Waals surface area (Å²) in [6, 6.07) is 13.8. The fourth-order valence-electron chi connectivity index (χ4n) is 3.46. The van der Waals surface area contributed by atoms with Gasteiger partial charge in [-0.15, -0.1) is 0 Å². The molecule has 7 heteroatoms. The molecule has 0 unspecified atom stereocenters. The minimum absolute atomic E-state index is 0.270. The van der Waals surface area contributed by atoms with E-state index in [4.69, 9.17) is 0 Å². The molecule has 0 saturated heterocycles. The Kier molecular flexibility index (Phi) is 4.43. The second-order valence-electron chi connectivity index (χ2n) is 6.56. The molecule has 1 N–H and O–H groups in total. The van der Waals surface area contributed by atoms with Gasteiger partial charge in [-0.05, 0) is 57.2 Å². The number of anilines is 1. The molecule has 2 aromatic heterocycles. The van der Waals surface area contributed by atoms with Gasteiger partial charge >= 0.3 is 0 Å². The molecule has 0 aliphatic rings. The van der Waals surface area contributed by atoms with Gasteiger partial charge in [0.25, 0.3) is 5.91 Å². The van der Waals surface area contributed by atoms with E-state index in [2.05, 4.69) is 15.4 Å². The molecule has 28 heavy (non-hydrogen) atoms. The van der Waals surface area contributed by atoms with E-state index in [0.717, 1.165) is 11.0 Å². The second kappa shape index (κ2) is 6.92. The van der Waals surface area contributed by atoms with Crippen LogP contribution in [-0.2, 0) is 6.54 Å². The summed E-state index contributed by atoms with van der Waals surface area (Å²) in [6.45, 7) is 6.29. The summed E-state index contributed by atoms with van der Waals surface area (Å²) < 4.78 is 16.8. The topological polar surface area (TPSA) is 64.7 Å². The monoisotopic (exact) mass is 377 g/mol. The zero-order chi connectivity index (χ0) is 19.8. The number of halogens is 1. The summed E-state index contributed by atoms with van der Waals surface area (Å²) in [5, 5.41) is 7.39. The Morgan fingerprint density at radius 3 is 2.54 bits per heavy atom. The number of fused-ring (bicyclic) bond motifs is 1. The van der Waals surface area contributed by atoms with E-state index in [9.17, 15) is 9.18 Å². The summed E-state index contributed by atoms with van der Waals surface area (Å²) in [5.74, 6) is -0.0860. The standard InChI is InChI=1S/C21H20FN5O/c1-4-26-18-8-6-5-7-17(18)23-21(26)24-20(28)19-13(2)25-27(14(19)3)16-11-9-15(22)10-12-16/h5-12H,4H2,1-3H3,(H,23,24,28). The lowest BCUT2D eigenvalue weighted by molar-refractivity contribution is 0.102. The van der Waals surface area contributed by atoms with E-state index in [1.54, 1.807) is 23.7 Å². The fraction of sp³-hybridized carbons (Fsp3) is 0.190. The quantitative estimate of drug-likeness (QED) is 0.578. The molecular weight excluding hydrogens is 357 g/mol. The van der Waals surface area contributed by atoms with Gasteiger partial charge in [0, 0.05) is 6.54 Å². The maximum Gasteiger partial charge on any atom is 0.261 e. The first-order valence-electron chi connectivity index (χ1n) is 9.08. The number of nitrogens with one attached hydrogen (secondary N) is 1. The molecule has 0 radical (unpaired) electrons. The first-order valence-corrected chi connectivity index (χ1v) is 9.08. The third-order valence-corrected chi connectivity index (χ3v) is 4.79. The molecular formula is C21H20FN5O. The van der Waals surface area contributed by atoms with E-state index < -0.39 is 0 Å². The van der Waals surface area contributed by atoms with Gasteiger partial charge in [-0.1, -0.05) is 12.1 Å². The number of aromatic nitrogens is 4. The number of carbonyl (C=O) groups is 1. The van der Waals surface area contributed by atoms with E-state index in [1.165, 1.54) is 12.1 Å². The highest BCUT2D eigenvalue weighted by Crippen LogP contribution is 2.22. The number of rotatable bonds is 4. The predicted octanol–water partition coefficient (Wildman–Crippen LogP) is 4.25. The molecule has 6 nitrogen and oxygen atoms in total. The summed E-state index contributed by atoms with van der Waals surface area (Å²) in [6.07, 6.45) is 0. The highest BCUT2D eigenvalue weighted by Gasteiger charge is 2.21. The average Bonchev–Trinajstić information content (AvgIpc) is 3.18. The van der Waals surface area contributed by atoms with E-state index in [0.29, 0.717) is 35.1 Å². The number of hydrogen-bond acceptors (Lipinski definition) is 3. The lowest BCUT2D eigenvalue weighted by Crippen LogP contribution is -2.17. The van der Waals surface area contributed by atoms with Crippen molar-refractivity contribution in [3.8, 4) is 5.69 Å². The normalized spacial score (nSPS) is 11.1. The molecule has 4 aromatic rings. The molecule has 0 spiro atoms. The zero-order valence-corrected chi connectivity index (χ0v) is 15.9. The summed E-state index contributed by atoms with van der Waals surface area (Å²) >= 11 is 0. The van der Waals surface area contributed by atoms with Crippen molar-refractivity contribution in [1.29, 1.82) is 0 Å². The van der Waals surface area contributed by atoms with Gasteiger partial charge in [-0.25, -0.2) is 14.1 Å². The van der Waals surface area contributed by atoms with Crippen LogP contribution in [0.5, 0.6) is 0 Å². The highest BCUT2D eigenvalue weighted by atomic mass is 19.1. The van der Waals surface area contributed by atoms with Crippen LogP contribution in [0, 0.1) is 19.7 Å². The molecule has 0 aliphatic carbocycles. The molecule has 0 aliphatic heterocycles. The molecule has 0 saturated carbocycles. The lowest BCUT2D eigenvalue weighted by atomic mass is 10.2. The van der Waals surface area contributed by atoms with Gasteiger partial charge in [-0.3, -0.25) is 10.1 Å². The van der Waals surface area contributed by atoms with Gasteiger partial charge in [0.2, 0.25) is 5.95 Å². The molecule has 2 heterocycles. The Bertz CT molecular complexity index is 1170. The highest BCUT2D eigenvalue weighted by molar-refractivity contribution is 6.05. The third-order valence-electron chi connectivity index (χ3n) is 4.79. The molecule has 0 atom stereocenters. The van der Waals surface area contributed by atoms with Gasteiger partial charge < -0.3 is 4.57 Å². The van der Waals surface area contributed by atoms with Gasteiger partial charge in [0.05, 0.1) is 33.7 Å². The number of hydrogen-bond donors (Lipinski definition) is 1. The molecule has 0 bridgehead atoms. The van der Waals surface area contributed by atoms with Crippen LogP contribution in [0.4, 0.5) is 10.3 Å². The largest absolute Gasteiger partial charge is 0.310 e. The van der Waals surface area contributed by atoms with Crippen LogP contribution in [0.1, 0.15) is 28.7 Å². The lowest BCUT2D eigenvalue weighted by Gasteiger charge is -2.08. The average molecular weight is 377 g/mol. The smallest absolute Gasteiger partial charge is 0.261 e.